The first kappa shape index (κ1) is 18.2. The van der Waals surface area contributed by atoms with Gasteiger partial charge in [0, 0.05) is 35.1 Å². The van der Waals surface area contributed by atoms with Crippen molar-refractivity contribution in [1.82, 2.24) is 9.88 Å². The molecule has 5 nitrogen and oxygen atoms in total. The Morgan fingerprint density at radius 1 is 1.31 bits per heavy atom. The molecule has 0 spiro atoms. The number of H-pyrrole nitrogens is 1. The third-order valence-electron chi connectivity index (χ3n) is 4.88. The number of aliphatic hydroxyl groups excluding tert-OH is 1. The highest BCUT2D eigenvalue weighted by Gasteiger charge is 2.44. The molecule has 0 bridgehead atoms. The monoisotopic (exact) mass is 354 g/mol. The van der Waals surface area contributed by atoms with E-state index in [0.717, 1.165) is 28.6 Å². The number of benzene rings is 1. The molecule has 3 rings (SSSR count). The molecule has 0 saturated heterocycles. The second-order valence-electron chi connectivity index (χ2n) is 7.39. The molecule has 0 fully saturated rings. The van der Waals surface area contributed by atoms with E-state index in [2.05, 4.69) is 4.98 Å². The molecule has 1 aromatic carbocycles. The third kappa shape index (κ3) is 2.91. The predicted octanol–water partition coefficient (Wildman–Crippen LogP) is 4.20. The number of aromatic amines is 1. The van der Waals surface area contributed by atoms with E-state index in [-0.39, 0.29) is 17.3 Å². The maximum absolute atomic E-state index is 12.9. The summed E-state index contributed by atoms with van der Waals surface area (Å²) in [6.07, 6.45) is 1.06. The van der Waals surface area contributed by atoms with Crippen LogP contribution in [-0.2, 0) is 9.59 Å². The molecule has 1 atom stereocenters. The number of Topliss-reactive ketones (excluding diaryl/α,β-unsaturated/α-hetero) is 1. The molecule has 1 amide bonds. The Labute approximate surface area is 153 Å². The fourth-order valence-electron chi connectivity index (χ4n) is 3.84. The molecule has 5 heteroatoms. The van der Waals surface area contributed by atoms with Crippen LogP contribution in [0.4, 0.5) is 0 Å². The first-order valence-electron chi connectivity index (χ1n) is 9.21. The summed E-state index contributed by atoms with van der Waals surface area (Å²) in [5.74, 6) is -0.839. The Morgan fingerprint density at radius 3 is 2.65 bits per heavy atom. The predicted molar refractivity (Wildman–Crippen MR) is 102 cm³/mol. The van der Waals surface area contributed by atoms with E-state index in [1.54, 1.807) is 4.90 Å². The molecular weight excluding hydrogens is 328 g/mol. The molecular formula is C21H26N2O3. The third-order valence-corrected chi connectivity index (χ3v) is 4.88. The summed E-state index contributed by atoms with van der Waals surface area (Å²) in [6, 6.07) is 7.32. The van der Waals surface area contributed by atoms with Gasteiger partial charge in [-0.05, 0) is 25.3 Å². The number of amides is 1. The SMILES string of the molecule is CCCN1C(=O)C(O)=C(C(=O)CC(C)C)C1c1c(C)[nH]c2ccccc12. The number of nitrogens with zero attached hydrogens (tertiary/aromatic N) is 1. The lowest BCUT2D eigenvalue weighted by molar-refractivity contribution is -0.129. The second kappa shape index (κ2) is 6.98. The Balaban J connectivity index is 2.20. The van der Waals surface area contributed by atoms with Crippen LogP contribution in [0, 0.1) is 12.8 Å². The number of carbonyl (C=O) groups excluding carboxylic acids is 2. The van der Waals surface area contributed by atoms with Crippen molar-refractivity contribution in [2.45, 2.75) is 46.6 Å². The van der Waals surface area contributed by atoms with E-state index in [0.29, 0.717) is 13.0 Å². The van der Waals surface area contributed by atoms with Gasteiger partial charge in [0.05, 0.1) is 11.6 Å². The summed E-state index contributed by atoms with van der Waals surface area (Å²) < 4.78 is 0. The van der Waals surface area contributed by atoms with Gasteiger partial charge >= 0.3 is 0 Å². The Kier molecular flexibility index (Phi) is 4.90. The normalized spacial score (nSPS) is 17.8. The molecule has 138 valence electrons. The average molecular weight is 354 g/mol. The highest BCUT2D eigenvalue weighted by Crippen LogP contribution is 2.42. The average Bonchev–Trinajstić information content (AvgIpc) is 3.02. The lowest BCUT2D eigenvalue weighted by atomic mass is 9.90. The summed E-state index contributed by atoms with van der Waals surface area (Å²) in [7, 11) is 0. The van der Waals surface area contributed by atoms with E-state index in [1.165, 1.54) is 0 Å². The molecule has 1 unspecified atom stereocenters. The van der Waals surface area contributed by atoms with Crippen molar-refractivity contribution in [3.63, 3.8) is 0 Å². The lowest BCUT2D eigenvalue weighted by Crippen LogP contribution is -2.32. The molecule has 1 aliphatic heterocycles. The van der Waals surface area contributed by atoms with Crippen LogP contribution in [0.25, 0.3) is 10.9 Å². The zero-order chi connectivity index (χ0) is 19.0. The molecule has 1 aromatic heterocycles. The number of hydrogen-bond acceptors (Lipinski definition) is 3. The van der Waals surface area contributed by atoms with Gasteiger partial charge in [0.15, 0.2) is 11.5 Å². The number of nitrogens with one attached hydrogen (secondary N) is 1. The molecule has 0 radical (unpaired) electrons. The van der Waals surface area contributed by atoms with E-state index >= 15 is 0 Å². The van der Waals surface area contributed by atoms with E-state index in [1.807, 2.05) is 52.0 Å². The number of aliphatic hydroxyl groups is 1. The standard InChI is InChI=1S/C21H26N2O3/c1-5-10-23-19(17-13(4)22-15-9-7-6-8-14(15)17)18(20(25)21(23)26)16(24)11-12(2)3/h6-9,12,19,22,25H,5,10-11H2,1-4H3. The maximum atomic E-state index is 12.9. The minimum atomic E-state index is -0.537. The van der Waals surface area contributed by atoms with Gasteiger partial charge in [0.25, 0.3) is 5.91 Å². The van der Waals surface area contributed by atoms with Crippen LogP contribution >= 0.6 is 0 Å². The van der Waals surface area contributed by atoms with Crippen LogP contribution in [0.2, 0.25) is 0 Å². The number of carbonyl (C=O) groups is 2. The topological polar surface area (TPSA) is 73.4 Å². The Morgan fingerprint density at radius 2 is 2.00 bits per heavy atom. The van der Waals surface area contributed by atoms with Gasteiger partial charge in [-0.2, -0.15) is 0 Å². The van der Waals surface area contributed by atoms with Gasteiger partial charge in [-0.15, -0.1) is 0 Å². The second-order valence-corrected chi connectivity index (χ2v) is 7.39. The van der Waals surface area contributed by atoms with Crippen LogP contribution in [-0.4, -0.2) is 33.2 Å². The first-order chi connectivity index (χ1) is 12.4. The van der Waals surface area contributed by atoms with Crippen LogP contribution < -0.4 is 0 Å². The smallest absolute Gasteiger partial charge is 0.290 e. The molecule has 2 aromatic rings. The molecule has 1 aliphatic rings. The summed E-state index contributed by atoms with van der Waals surface area (Å²) in [4.78, 5) is 30.6. The summed E-state index contributed by atoms with van der Waals surface area (Å²) in [5.41, 5.74) is 3.02. The summed E-state index contributed by atoms with van der Waals surface area (Å²) in [5, 5.41) is 11.5. The summed E-state index contributed by atoms with van der Waals surface area (Å²) >= 11 is 0. The van der Waals surface area contributed by atoms with Gasteiger partial charge in [0.1, 0.15) is 0 Å². The van der Waals surface area contributed by atoms with Crippen molar-refractivity contribution >= 4 is 22.6 Å². The number of fused-ring (bicyclic) bond motifs is 1. The van der Waals surface area contributed by atoms with Crippen LogP contribution in [0.1, 0.15) is 50.9 Å². The molecule has 26 heavy (non-hydrogen) atoms. The zero-order valence-corrected chi connectivity index (χ0v) is 15.8. The summed E-state index contributed by atoms with van der Waals surface area (Å²) in [6.45, 7) is 8.34. The number of aryl methyl sites for hydroxylation is 1. The quantitative estimate of drug-likeness (QED) is 0.816. The maximum Gasteiger partial charge on any atom is 0.290 e. The first-order valence-corrected chi connectivity index (χ1v) is 9.21. The minimum absolute atomic E-state index is 0.154. The van der Waals surface area contributed by atoms with Gasteiger partial charge in [-0.3, -0.25) is 9.59 Å². The van der Waals surface area contributed by atoms with Crippen molar-refractivity contribution in [2.24, 2.45) is 5.92 Å². The van der Waals surface area contributed by atoms with E-state index in [4.69, 9.17) is 0 Å². The molecule has 0 saturated carbocycles. The van der Waals surface area contributed by atoms with Gasteiger partial charge in [0.2, 0.25) is 0 Å². The van der Waals surface area contributed by atoms with E-state index in [9.17, 15) is 14.7 Å². The zero-order valence-electron chi connectivity index (χ0n) is 15.8. The lowest BCUT2D eigenvalue weighted by Gasteiger charge is -2.27. The molecule has 0 aliphatic carbocycles. The Hall–Kier alpha value is -2.56. The van der Waals surface area contributed by atoms with Crippen molar-refractivity contribution in [1.29, 1.82) is 0 Å². The Bertz CT molecular complexity index is 892. The molecule has 2 heterocycles. The van der Waals surface area contributed by atoms with E-state index < -0.39 is 17.7 Å². The number of aromatic nitrogens is 1. The number of rotatable bonds is 6. The number of para-hydroxylation sites is 1. The van der Waals surface area contributed by atoms with Crippen molar-refractivity contribution in [3.8, 4) is 0 Å². The van der Waals surface area contributed by atoms with Crippen molar-refractivity contribution in [2.75, 3.05) is 6.54 Å². The van der Waals surface area contributed by atoms with Crippen LogP contribution in [0.5, 0.6) is 0 Å². The van der Waals surface area contributed by atoms with Gasteiger partial charge in [-0.1, -0.05) is 39.0 Å². The van der Waals surface area contributed by atoms with Gasteiger partial charge < -0.3 is 15.0 Å². The number of ketones is 1. The van der Waals surface area contributed by atoms with Gasteiger partial charge in [-0.25, -0.2) is 0 Å². The fraction of sp³-hybridized carbons (Fsp3) is 0.429. The fourth-order valence-corrected chi connectivity index (χ4v) is 3.84. The minimum Gasteiger partial charge on any atom is -0.503 e. The van der Waals surface area contributed by atoms with Crippen molar-refractivity contribution in [3.05, 3.63) is 46.9 Å². The highest BCUT2D eigenvalue weighted by atomic mass is 16.3. The largest absolute Gasteiger partial charge is 0.503 e. The van der Waals surface area contributed by atoms with Crippen LogP contribution in [0.3, 0.4) is 0 Å². The highest BCUT2D eigenvalue weighted by molar-refractivity contribution is 6.09. The van der Waals surface area contributed by atoms with Crippen molar-refractivity contribution < 1.29 is 14.7 Å². The number of hydrogen-bond donors (Lipinski definition) is 2. The van der Waals surface area contributed by atoms with Crippen LogP contribution in [0.15, 0.2) is 35.6 Å². The molecule has 2 N–H and O–H groups in total.